The topological polar surface area (TPSA) is 175 Å². The summed E-state index contributed by atoms with van der Waals surface area (Å²) in [6.07, 6.45) is 39.3. The first-order chi connectivity index (χ1) is 34.3. The number of phenols is 2. The lowest BCUT2D eigenvalue weighted by atomic mass is 9.81. The molecular weight excluding hydrogens is 881 g/mol. The zero-order valence-electron chi connectivity index (χ0n) is 43.9. The van der Waals surface area contributed by atoms with Crippen LogP contribution in [0.4, 0.5) is 11.4 Å². The molecule has 0 radical (unpaired) electrons. The summed E-state index contributed by atoms with van der Waals surface area (Å²) >= 11 is 0. The van der Waals surface area contributed by atoms with Crippen molar-refractivity contribution >= 4 is 34.9 Å². The third-order valence-electron chi connectivity index (χ3n) is 13.6. The number of unbranched alkanes of at least 4 members (excludes halogenated alkanes) is 28. The summed E-state index contributed by atoms with van der Waals surface area (Å²) in [6.45, 7) is 7.80. The second-order valence-electron chi connectivity index (χ2n) is 19.6. The molecule has 0 fully saturated rings. The lowest BCUT2D eigenvalue weighted by Gasteiger charge is -2.25. The van der Waals surface area contributed by atoms with Gasteiger partial charge >= 0.3 is 11.9 Å². The molecule has 2 aromatic rings. The van der Waals surface area contributed by atoms with Gasteiger partial charge in [0, 0.05) is 63.5 Å². The maximum atomic E-state index is 14.0. The number of hydrogen-bond acceptors (Lipinski definition) is 12. The Bertz CT molecular complexity index is 1630. The van der Waals surface area contributed by atoms with Crippen LogP contribution in [-0.4, -0.2) is 86.2 Å². The highest BCUT2D eigenvalue weighted by molar-refractivity contribution is 6.33. The van der Waals surface area contributed by atoms with Crippen molar-refractivity contribution in [3.05, 3.63) is 46.5 Å². The Morgan fingerprint density at radius 1 is 0.386 bits per heavy atom. The lowest BCUT2D eigenvalue weighted by molar-refractivity contribution is -0.144. The van der Waals surface area contributed by atoms with Gasteiger partial charge in [0.2, 0.25) is 11.6 Å². The summed E-state index contributed by atoms with van der Waals surface area (Å²) in [5, 5.41) is 34.3. The molecule has 0 saturated carbocycles. The van der Waals surface area contributed by atoms with Crippen molar-refractivity contribution in [1.29, 1.82) is 0 Å². The number of nitrogens with one attached hydrogen (secondary N) is 4. The van der Waals surface area contributed by atoms with Crippen LogP contribution in [0.2, 0.25) is 0 Å². The fourth-order valence-electron chi connectivity index (χ4n) is 9.38. The predicted octanol–water partition coefficient (Wildman–Crippen LogP) is 13.5. The second-order valence-corrected chi connectivity index (χ2v) is 19.6. The first kappa shape index (κ1) is 60.1. The molecule has 2 aromatic carbocycles. The summed E-state index contributed by atoms with van der Waals surface area (Å²) in [5.74, 6) is -2.24. The average Bonchev–Trinajstić information content (AvgIpc) is 3.35. The van der Waals surface area contributed by atoms with Crippen molar-refractivity contribution in [2.45, 2.75) is 219 Å². The fourth-order valence-corrected chi connectivity index (χ4v) is 9.38. The molecule has 0 aromatic heterocycles. The summed E-state index contributed by atoms with van der Waals surface area (Å²) in [4.78, 5) is 52.5. The molecule has 12 nitrogen and oxygen atoms in total. The van der Waals surface area contributed by atoms with Crippen LogP contribution in [0.15, 0.2) is 24.3 Å². The van der Waals surface area contributed by atoms with E-state index in [-0.39, 0.29) is 58.9 Å². The summed E-state index contributed by atoms with van der Waals surface area (Å²) in [5.41, 5.74) is 0.632. The number of ether oxygens (including phenoxy) is 2. The summed E-state index contributed by atoms with van der Waals surface area (Å²) in [7, 11) is 0. The van der Waals surface area contributed by atoms with Gasteiger partial charge in [-0.1, -0.05) is 194 Å². The molecule has 3 rings (SSSR count). The van der Waals surface area contributed by atoms with Crippen molar-refractivity contribution in [2.24, 2.45) is 0 Å². The number of esters is 2. The Kier molecular flexibility index (Phi) is 33.9. The van der Waals surface area contributed by atoms with Gasteiger partial charge in [0.1, 0.15) is 24.7 Å². The highest BCUT2D eigenvalue weighted by Crippen LogP contribution is 2.42. The Labute approximate surface area is 423 Å². The molecule has 1 aliphatic carbocycles. The molecule has 0 atom stereocenters. The maximum Gasteiger partial charge on any atom is 0.305 e. The number of ketones is 2. The van der Waals surface area contributed by atoms with Crippen molar-refractivity contribution in [3.63, 3.8) is 0 Å². The van der Waals surface area contributed by atoms with Crippen molar-refractivity contribution in [2.75, 3.05) is 63.1 Å². The lowest BCUT2D eigenvalue weighted by Crippen LogP contribution is -2.29. The van der Waals surface area contributed by atoms with E-state index in [9.17, 15) is 29.4 Å². The molecule has 0 aliphatic heterocycles. The van der Waals surface area contributed by atoms with E-state index in [1.165, 1.54) is 166 Å². The van der Waals surface area contributed by atoms with Gasteiger partial charge in [0.15, 0.2) is 0 Å². The number of carbonyl (C=O) groups is 4. The molecule has 0 spiro atoms. The number of carbonyl (C=O) groups excluding carboxylic acids is 4. The van der Waals surface area contributed by atoms with Gasteiger partial charge in [0.25, 0.3) is 0 Å². The van der Waals surface area contributed by atoms with Crippen LogP contribution in [0, 0.1) is 0 Å². The minimum atomic E-state index is -0.567. The van der Waals surface area contributed by atoms with Crippen LogP contribution in [0.25, 0.3) is 0 Å². The van der Waals surface area contributed by atoms with Crippen molar-refractivity contribution in [1.82, 2.24) is 10.6 Å². The van der Waals surface area contributed by atoms with Crippen molar-refractivity contribution < 1.29 is 38.9 Å². The molecule has 6 N–H and O–H groups in total. The van der Waals surface area contributed by atoms with Crippen LogP contribution in [0.1, 0.15) is 251 Å². The third kappa shape index (κ3) is 25.3. The average molecular weight is 977 g/mol. The molecule has 396 valence electrons. The fraction of sp³-hybridized carbons (Fsp3) is 0.724. The van der Waals surface area contributed by atoms with Crippen molar-refractivity contribution in [3.8, 4) is 11.5 Å². The van der Waals surface area contributed by atoms with E-state index in [4.69, 9.17) is 9.47 Å². The summed E-state index contributed by atoms with van der Waals surface area (Å²) in [6, 6.07) is 5.87. The first-order valence-electron chi connectivity index (χ1n) is 28.3. The van der Waals surface area contributed by atoms with Crippen LogP contribution in [0.3, 0.4) is 0 Å². The van der Waals surface area contributed by atoms with E-state index in [0.29, 0.717) is 63.5 Å². The van der Waals surface area contributed by atoms with E-state index in [1.54, 1.807) is 12.1 Å². The third-order valence-corrected chi connectivity index (χ3v) is 13.6. The van der Waals surface area contributed by atoms with Gasteiger partial charge < -0.3 is 41.0 Å². The minimum absolute atomic E-state index is 0.116. The Hall–Kier alpha value is -4.16. The highest BCUT2D eigenvalue weighted by atomic mass is 16.5. The van der Waals surface area contributed by atoms with Gasteiger partial charge in [-0.15, -0.1) is 0 Å². The van der Waals surface area contributed by atoms with E-state index < -0.39 is 11.6 Å². The van der Waals surface area contributed by atoms with Gasteiger partial charge in [0.05, 0.1) is 22.3 Å². The van der Waals surface area contributed by atoms with E-state index in [2.05, 4.69) is 35.1 Å². The highest BCUT2D eigenvalue weighted by Gasteiger charge is 2.38. The molecule has 0 amide bonds. The largest absolute Gasteiger partial charge is 0.507 e. The standard InChI is InChI=1S/C58H96N4O8/c1-3-5-7-9-11-13-15-17-19-21-23-25-27-29-31-33-51(65)69-45-43-59-39-41-61-47-35-36-48(54-53(47)57(67)55-49(63)37-38-50(64)56(55)58(54)68)62-42-40-60-44-46-70-52(66)34-32-30-28-26-24-22-20-18-16-14-12-10-8-6-4-2/h35-38,59-64H,3-34,39-46H2,1-2H3. The zero-order valence-corrected chi connectivity index (χ0v) is 43.9. The molecule has 0 heterocycles. The van der Waals surface area contributed by atoms with Crippen LogP contribution >= 0.6 is 0 Å². The molecule has 12 heteroatoms. The number of benzene rings is 2. The summed E-state index contributed by atoms with van der Waals surface area (Å²) < 4.78 is 10.9. The Morgan fingerprint density at radius 2 is 0.671 bits per heavy atom. The van der Waals surface area contributed by atoms with Crippen LogP contribution in [-0.2, 0) is 19.1 Å². The van der Waals surface area contributed by atoms with E-state index >= 15 is 0 Å². The molecule has 0 unspecified atom stereocenters. The Morgan fingerprint density at radius 3 is 0.971 bits per heavy atom. The molecule has 70 heavy (non-hydrogen) atoms. The molecular formula is C58H96N4O8. The Balaban J connectivity index is 1.27. The molecule has 1 aliphatic rings. The van der Waals surface area contributed by atoms with Gasteiger partial charge in [-0.2, -0.15) is 0 Å². The van der Waals surface area contributed by atoms with Crippen LogP contribution < -0.4 is 21.3 Å². The molecule has 0 bridgehead atoms. The van der Waals surface area contributed by atoms with E-state index in [1.807, 2.05) is 0 Å². The molecule has 0 saturated heterocycles. The monoisotopic (exact) mass is 977 g/mol. The quantitative estimate of drug-likeness (QED) is 0.0180. The maximum absolute atomic E-state index is 14.0. The predicted molar refractivity (Wildman–Crippen MR) is 287 cm³/mol. The smallest absolute Gasteiger partial charge is 0.305 e. The van der Waals surface area contributed by atoms with E-state index in [0.717, 1.165) is 38.5 Å². The number of anilines is 2. The zero-order chi connectivity index (χ0) is 50.3. The van der Waals surface area contributed by atoms with Gasteiger partial charge in [-0.3, -0.25) is 19.2 Å². The minimum Gasteiger partial charge on any atom is -0.507 e. The number of aromatic hydroxyl groups is 2. The first-order valence-corrected chi connectivity index (χ1v) is 28.3. The second kappa shape index (κ2) is 39.5. The number of hydrogen-bond donors (Lipinski definition) is 6. The van der Waals surface area contributed by atoms with Gasteiger partial charge in [-0.25, -0.2) is 0 Å². The van der Waals surface area contributed by atoms with Crippen LogP contribution in [0.5, 0.6) is 11.5 Å². The number of rotatable bonds is 46. The normalized spacial score (nSPS) is 12.0. The van der Waals surface area contributed by atoms with Gasteiger partial charge in [-0.05, 0) is 37.1 Å². The SMILES string of the molecule is CCCCCCCCCCCCCCCCCC(=O)OCCNCCNc1ccc(NCCNCCOC(=O)CCCCCCCCCCCCCCCCC)c2c1C(=O)c1c(O)ccc(O)c1C2=O. The number of fused-ring (bicyclic) bond motifs is 2. The number of phenolic OH excluding ortho intramolecular Hbond substituents is 2.